The monoisotopic (exact) mass is 474 g/mol. The second kappa shape index (κ2) is 11.1. The van der Waals surface area contributed by atoms with Crippen LogP contribution in [-0.2, 0) is 14.3 Å². The number of amides is 2. The maximum absolute atomic E-state index is 14.4. The molecule has 2 N–H and O–H groups in total. The minimum Gasteiger partial charge on any atom is -0.481 e. The molecular formula is C25H28F2N2O5. The number of hydrogen-bond acceptors (Lipinski definition) is 4. The van der Waals surface area contributed by atoms with Crippen LogP contribution in [0.3, 0.4) is 0 Å². The van der Waals surface area contributed by atoms with E-state index in [9.17, 15) is 23.2 Å². The van der Waals surface area contributed by atoms with Crippen molar-refractivity contribution in [1.82, 2.24) is 10.2 Å². The summed E-state index contributed by atoms with van der Waals surface area (Å²) in [4.78, 5) is 35.9. The van der Waals surface area contributed by atoms with E-state index in [1.807, 2.05) is 53.8 Å². The van der Waals surface area contributed by atoms with E-state index in [4.69, 9.17) is 9.84 Å². The van der Waals surface area contributed by atoms with Crippen LogP contribution in [0.5, 0.6) is 0 Å². The predicted molar refractivity (Wildman–Crippen MR) is 122 cm³/mol. The van der Waals surface area contributed by atoms with Gasteiger partial charge in [-0.05, 0) is 42.0 Å². The highest BCUT2D eigenvalue weighted by Crippen LogP contribution is 2.44. The molecule has 2 aromatic carbocycles. The SMILES string of the molecule is CCN(CCCCC(=O)O)C(=O)C(F)(F)CNC(=O)OCC1c2ccccc2-c2ccccc21. The molecule has 2 aromatic rings. The zero-order valence-electron chi connectivity index (χ0n) is 18.9. The van der Waals surface area contributed by atoms with Crippen LogP contribution in [-0.4, -0.2) is 60.1 Å². The van der Waals surface area contributed by atoms with Crippen LogP contribution >= 0.6 is 0 Å². The van der Waals surface area contributed by atoms with E-state index in [0.29, 0.717) is 6.42 Å². The number of benzene rings is 2. The summed E-state index contributed by atoms with van der Waals surface area (Å²) >= 11 is 0. The molecule has 0 fully saturated rings. The molecule has 7 nitrogen and oxygen atoms in total. The second-order valence-electron chi connectivity index (χ2n) is 8.12. The Labute approximate surface area is 196 Å². The molecule has 0 aliphatic heterocycles. The van der Waals surface area contributed by atoms with Crippen LogP contribution in [0, 0.1) is 0 Å². The second-order valence-corrected chi connectivity index (χ2v) is 8.12. The van der Waals surface area contributed by atoms with Gasteiger partial charge < -0.3 is 20.1 Å². The Bertz CT molecular complexity index is 998. The van der Waals surface area contributed by atoms with Crippen LogP contribution < -0.4 is 5.32 Å². The maximum Gasteiger partial charge on any atom is 0.407 e. The van der Waals surface area contributed by atoms with Crippen LogP contribution in [0.2, 0.25) is 0 Å². The number of fused-ring (bicyclic) bond motifs is 3. The third kappa shape index (κ3) is 5.89. The first-order chi connectivity index (χ1) is 16.2. The number of hydrogen-bond donors (Lipinski definition) is 2. The largest absolute Gasteiger partial charge is 0.481 e. The third-order valence-corrected chi connectivity index (χ3v) is 5.85. The number of carboxylic acid groups (broad SMARTS) is 1. The molecule has 0 saturated heterocycles. The number of carbonyl (C=O) groups excluding carboxylic acids is 2. The highest BCUT2D eigenvalue weighted by molar-refractivity contribution is 5.84. The van der Waals surface area contributed by atoms with Gasteiger partial charge in [0.1, 0.15) is 6.61 Å². The summed E-state index contributed by atoms with van der Waals surface area (Å²) in [6.45, 7) is 0.415. The highest BCUT2D eigenvalue weighted by atomic mass is 19.3. The quantitative estimate of drug-likeness (QED) is 0.475. The van der Waals surface area contributed by atoms with Crippen LogP contribution in [0.1, 0.15) is 43.2 Å². The lowest BCUT2D eigenvalue weighted by atomic mass is 9.98. The topological polar surface area (TPSA) is 95.9 Å². The van der Waals surface area contributed by atoms with Gasteiger partial charge in [-0.2, -0.15) is 8.78 Å². The fourth-order valence-corrected chi connectivity index (χ4v) is 4.12. The van der Waals surface area contributed by atoms with Gasteiger partial charge in [0, 0.05) is 25.4 Å². The number of unbranched alkanes of at least 4 members (excludes halogenated alkanes) is 1. The van der Waals surface area contributed by atoms with Gasteiger partial charge >= 0.3 is 18.0 Å². The van der Waals surface area contributed by atoms with Crippen molar-refractivity contribution < 1.29 is 33.0 Å². The predicted octanol–water partition coefficient (Wildman–Crippen LogP) is 4.26. The van der Waals surface area contributed by atoms with Crippen molar-refractivity contribution in [3.8, 4) is 11.1 Å². The summed E-state index contributed by atoms with van der Waals surface area (Å²) < 4.78 is 34.1. The van der Waals surface area contributed by atoms with Gasteiger partial charge in [0.15, 0.2) is 0 Å². The molecule has 0 aromatic heterocycles. The number of nitrogens with zero attached hydrogens (tertiary/aromatic N) is 1. The number of alkyl halides is 2. The maximum atomic E-state index is 14.4. The molecule has 0 saturated carbocycles. The molecule has 0 unspecified atom stereocenters. The molecule has 0 atom stereocenters. The number of rotatable bonds is 11. The molecule has 0 spiro atoms. The summed E-state index contributed by atoms with van der Waals surface area (Å²) in [5.74, 6) is -6.41. The summed E-state index contributed by atoms with van der Waals surface area (Å²) in [5, 5.41) is 10.7. The van der Waals surface area contributed by atoms with Gasteiger partial charge in [-0.25, -0.2) is 4.79 Å². The first-order valence-electron chi connectivity index (χ1n) is 11.2. The first-order valence-corrected chi connectivity index (χ1v) is 11.2. The average molecular weight is 475 g/mol. The van der Waals surface area contributed by atoms with Gasteiger partial charge in [0.25, 0.3) is 5.91 Å². The molecule has 1 aliphatic rings. The normalized spacial score (nSPS) is 12.6. The zero-order chi connectivity index (χ0) is 24.7. The lowest BCUT2D eigenvalue weighted by molar-refractivity contribution is -0.156. The number of carboxylic acids is 1. The molecule has 1 aliphatic carbocycles. The fourth-order valence-electron chi connectivity index (χ4n) is 4.12. The number of ether oxygens (including phenoxy) is 1. The Morgan fingerprint density at radius 3 is 2.18 bits per heavy atom. The lowest BCUT2D eigenvalue weighted by Crippen LogP contribution is -2.50. The van der Waals surface area contributed by atoms with E-state index < -0.39 is 30.4 Å². The van der Waals surface area contributed by atoms with Crippen molar-refractivity contribution in [2.45, 2.75) is 38.0 Å². The third-order valence-electron chi connectivity index (χ3n) is 5.85. The van der Waals surface area contributed by atoms with E-state index in [1.165, 1.54) is 0 Å². The van der Waals surface area contributed by atoms with Crippen LogP contribution in [0.4, 0.5) is 13.6 Å². The van der Waals surface area contributed by atoms with Crippen molar-refractivity contribution in [3.63, 3.8) is 0 Å². The van der Waals surface area contributed by atoms with E-state index >= 15 is 0 Å². The smallest absolute Gasteiger partial charge is 0.407 e. The molecule has 0 bridgehead atoms. The van der Waals surface area contributed by atoms with E-state index in [0.717, 1.165) is 27.2 Å². The summed E-state index contributed by atoms with van der Waals surface area (Å²) in [6.07, 6.45) is -0.547. The van der Waals surface area contributed by atoms with Crippen molar-refractivity contribution in [3.05, 3.63) is 59.7 Å². The van der Waals surface area contributed by atoms with Crippen molar-refractivity contribution in [2.24, 2.45) is 0 Å². The lowest BCUT2D eigenvalue weighted by Gasteiger charge is -2.26. The summed E-state index contributed by atoms with van der Waals surface area (Å²) in [7, 11) is 0. The average Bonchev–Trinajstić information content (AvgIpc) is 3.15. The minimum absolute atomic E-state index is 0.0170. The highest BCUT2D eigenvalue weighted by Gasteiger charge is 2.42. The van der Waals surface area contributed by atoms with E-state index in [2.05, 4.69) is 0 Å². The molecule has 3 rings (SSSR count). The molecule has 182 valence electrons. The van der Waals surface area contributed by atoms with Crippen molar-refractivity contribution in [2.75, 3.05) is 26.2 Å². The zero-order valence-corrected chi connectivity index (χ0v) is 18.9. The van der Waals surface area contributed by atoms with E-state index in [1.54, 1.807) is 6.92 Å². The number of aliphatic carboxylic acids is 1. The van der Waals surface area contributed by atoms with Gasteiger partial charge in [-0.15, -0.1) is 0 Å². The Hall–Kier alpha value is -3.49. The Morgan fingerprint density at radius 1 is 1.03 bits per heavy atom. The molecule has 9 heteroatoms. The van der Waals surface area contributed by atoms with Crippen LogP contribution in [0.25, 0.3) is 11.1 Å². The Kier molecular flexibility index (Phi) is 8.20. The van der Waals surface area contributed by atoms with Crippen molar-refractivity contribution in [1.29, 1.82) is 0 Å². The number of halogens is 2. The van der Waals surface area contributed by atoms with Gasteiger partial charge in [0.05, 0.1) is 6.54 Å². The fraction of sp³-hybridized carbons (Fsp3) is 0.400. The Morgan fingerprint density at radius 2 is 1.62 bits per heavy atom. The summed E-state index contributed by atoms with van der Waals surface area (Å²) in [5.41, 5.74) is 4.09. The van der Waals surface area contributed by atoms with Gasteiger partial charge in [-0.3, -0.25) is 9.59 Å². The molecule has 34 heavy (non-hydrogen) atoms. The molecule has 2 amide bonds. The molecule has 0 heterocycles. The number of alkyl carbamates (subject to hydrolysis) is 1. The first kappa shape index (κ1) is 25.1. The standard InChI is InChI=1S/C25H28F2N2O5/c1-2-29(14-8-7-13-22(30)31)23(32)25(26,27)16-28-24(33)34-15-21-19-11-5-3-9-17(19)18-10-4-6-12-20(18)21/h3-6,9-12,21H,2,7-8,13-16H2,1H3,(H,28,33)(H,30,31). The van der Waals surface area contributed by atoms with E-state index in [-0.39, 0.29) is 38.5 Å². The minimum atomic E-state index is -3.81. The van der Waals surface area contributed by atoms with Crippen molar-refractivity contribution >= 4 is 18.0 Å². The molecule has 0 radical (unpaired) electrons. The Balaban J connectivity index is 1.52. The van der Waals surface area contributed by atoms with Gasteiger partial charge in [-0.1, -0.05) is 48.5 Å². The summed E-state index contributed by atoms with van der Waals surface area (Å²) in [6, 6.07) is 15.5. The van der Waals surface area contributed by atoms with Crippen LogP contribution in [0.15, 0.2) is 48.5 Å². The molecular weight excluding hydrogens is 446 g/mol. The number of carbonyl (C=O) groups is 3. The van der Waals surface area contributed by atoms with Gasteiger partial charge in [0.2, 0.25) is 0 Å². The number of nitrogens with one attached hydrogen (secondary N) is 1.